The molecule has 3 aromatic rings. The molecule has 0 atom stereocenters. The second kappa shape index (κ2) is 8.96. The fourth-order valence-electron chi connectivity index (χ4n) is 2.66. The zero-order valence-electron chi connectivity index (χ0n) is 16.5. The molecule has 0 bridgehead atoms. The van der Waals surface area contributed by atoms with Gasteiger partial charge in [0, 0.05) is 12.7 Å². The lowest BCUT2D eigenvalue weighted by Gasteiger charge is -2.17. The van der Waals surface area contributed by atoms with Crippen LogP contribution in [0.2, 0.25) is 0 Å². The highest BCUT2D eigenvalue weighted by Gasteiger charge is 2.16. The first-order valence-electron chi connectivity index (χ1n) is 9.10. The van der Waals surface area contributed by atoms with Gasteiger partial charge in [-0.25, -0.2) is 12.8 Å². The first kappa shape index (κ1) is 21.3. The molecular weight excluding hydrogens is 407 g/mol. The van der Waals surface area contributed by atoms with Gasteiger partial charge in [-0.2, -0.15) is 0 Å². The average Bonchev–Trinajstić information content (AvgIpc) is 2.74. The highest BCUT2D eigenvalue weighted by Crippen LogP contribution is 2.21. The van der Waals surface area contributed by atoms with Crippen LogP contribution in [0, 0.1) is 12.7 Å². The fourth-order valence-corrected chi connectivity index (χ4v) is 3.79. The van der Waals surface area contributed by atoms with Gasteiger partial charge in [-0.1, -0.05) is 18.2 Å². The number of carbonyl (C=O) groups is 1. The topological polar surface area (TPSA) is 75.7 Å². The van der Waals surface area contributed by atoms with E-state index < -0.39 is 10.0 Å². The van der Waals surface area contributed by atoms with Crippen LogP contribution in [0.5, 0.6) is 5.75 Å². The lowest BCUT2D eigenvalue weighted by atomic mass is 10.2. The summed E-state index contributed by atoms with van der Waals surface area (Å²) in [7, 11) is -2.19. The number of amides is 1. The Hall–Kier alpha value is -3.39. The third-order valence-corrected chi connectivity index (χ3v) is 5.86. The van der Waals surface area contributed by atoms with Gasteiger partial charge in [-0.05, 0) is 67.1 Å². The van der Waals surface area contributed by atoms with Gasteiger partial charge in [-0.3, -0.25) is 9.52 Å². The Labute approximate surface area is 175 Å². The second-order valence-electron chi connectivity index (χ2n) is 6.61. The number of hydrogen-bond acceptors (Lipinski definition) is 4. The number of nitrogens with one attached hydrogen (secondary N) is 1. The molecule has 8 heteroatoms. The summed E-state index contributed by atoms with van der Waals surface area (Å²) in [6.45, 7) is 1.57. The van der Waals surface area contributed by atoms with Gasteiger partial charge in [-0.15, -0.1) is 0 Å². The first-order valence-corrected chi connectivity index (χ1v) is 10.6. The normalized spacial score (nSPS) is 11.0. The third-order valence-electron chi connectivity index (χ3n) is 4.47. The van der Waals surface area contributed by atoms with Gasteiger partial charge in [0.15, 0.2) is 6.61 Å². The zero-order valence-corrected chi connectivity index (χ0v) is 17.3. The minimum atomic E-state index is -3.75. The van der Waals surface area contributed by atoms with E-state index in [2.05, 4.69) is 4.72 Å². The summed E-state index contributed by atoms with van der Waals surface area (Å²) in [6.07, 6.45) is 0. The Morgan fingerprint density at radius 2 is 1.63 bits per heavy atom. The molecule has 0 aromatic heterocycles. The lowest BCUT2D eigenvalue weighted by molar-refractivity contribution is -0.120. The summed E-state index contributed by atoms with van der Waals surface area (Å²) >= 11 is 0. The Morgan fingerprint density at radius 3 is 2.27 bits per heavy atom. The van der Waals surface area contributed by atoms with Crippen molar-refractivity contribution in [3.63, 3.8) is 0 Å². The Bertz CT molecular complexity index is 1130. The Morgan fingerprint density at radius 1 is 1.00 bits per heavy atom. The van der Waals surface area contributed by atoms with E-state index in [0.717, 1.165) is 5.56 Å². The maximum atomic E-state index is 13.0. The number of rotatable bonds is 7. The lowest BCUT2D eigenvalue weighted by Crippen LogP contribution is -2.31. The molecule has 3 rings (SSSR count). The molecule has 0 radical (unpaired) electrons. The highest BCUT2D eigenvalue weighted by molar-refractivity contribution is 7.92. The van der Waals surface area contributed by atoms with Crippen molar-refractivity contribution in [1.82, 2.24) is 0 Å². The molecule has 3 aromatic carbocycles. The van der Waals surface area contributed by atoms with Crippen LogP contribution in [-0.2, 0) is 14.8 Å². The van der Waals surface area contributed by atoms with E-state index in [1.807, 2.05) is 19.1 Å². The van der Waals surface area contributed by atoms with Crippen LogP contribution in [0.3, 0.4) is 0 Å². The van der Waals surface area contributed by atoms with E-state index in [4.69, 9.17) is 4.74 Å². The van der Waals surface area contributed by atoms with Gasteiger partial charge in [0.1, 0.15) is 11.6 Å². The zero-order chi connectivity index (χ0) is 21.7. The second-order valence-corrected chi connectivity index (χ2v) is 8.29. The SMILES string of the molecule is Cc1ccccc1NS(=O)(=O)c1ccc(OCC(=O)N(C)c2ccc(F)cc2)cc1. The number of benzene rings is 3. The first-order chi connectivity index (χ1) is 14.3. The molecule has 6 nitrogen and oxygen atoms in total. The van der Waals surface area contributed by atoms with Gasteiger partial charge < -0.3 is 9.64 Å². The fraction of sp³-hybridized carbons (Fsp3) is 0.136. The van der Waals surface area contributed by atoms with Gasteiger partial charge >= 0.3 is 0 Å². The number of nitrogens with zero attached hydrogens (tertiary/aromatic N) is 1. The van der Waals surface area contributed by atoms with Crippen molar-refractivity contribution in [2.75, 3.05) is 23.3 Å². The summed E-state index contributed by atoms with van der Waals surface area (Å²) in [5, 5.41) is 0. The number of likely N-dealkylation sites (N-methyl/N-ethyl adjacent to an activating group) is 1. The molecule has 1 N–H and O–H groups in total. The van der Waals surface area contributed by atoms with Crippen LogP contribution in [0.1, 0.15) is 5.56 Å². The van der Waals surface area contributed by atoms with E-state index >= 15 is 0 Å². The molecule has 0 saturated heterocycles. The molecule has 30 heavy (non-hydrogen) atoms. The van der Waals surface area contributed by atoms with Crippen molar-refractivity contribution in [3.8, 4) is 5.75 Å². The minimum Gasteiger partial charge on any atom is -0.484 e. The summed E-state index contributed by atoms with van der Waals surface area (Å²) in [6, 6.07) is 18.4. The Balaban J connectivity index is 1.62. The van der Waals surface area contributed by atoms with Crippen LogP contribution in [0.15, 0.2) is 77.7 Å². The molecule has 1 amide bonds. The van der Waals surface area contributed by atoms with Crippen molar-refractivity contribution in [2.45, 2.75) is 11.8 Å². The number of halogens is 1. The maximum Gasteiger partial charge on any atom is 0.264 e. The summed E-state index contributed by atoms with van der Waals surface area (Å²) < 4.78 is 46.1. The van der Waals surface area contributed by atoms with Crippen molar-refractivity contribution in [3.05, 3.63) is 84.2 Å². The van der Waals surface area contributed by atoms with Crippen LogP contribution >= 0.6 is 0 Å². The van der Waals surface area contributed by atoms with Gasteiger partial charge in [0.05, 0.1) is 10.6 Å². The molecule has 0 saturated carbocycles. The van der Waals surface area contributed by atoms with E-state index in [1.54, 1.807) is 19.2 Å². The van der Waals surface area contributed by atoms with Crippen LogP contribution in [0.25, 0.3) is 0 Å². The number of para-hydroxylation sites is 1. The number of ether oxygens (including phenoxy) is 1. The highest BCUT2D eigenvalue weighted by atomic mass is 32.2. The standard InChI is InChI=1S/C22H21FN2O4S/c1-16-5-3-4-6-21(16)24-30(27,28)20-13-11-19(12-14-20)29-15-22(26)25(2)18-9-7-17(23)8-10-18/h3-14,24H,15H2,1-2H3. The van der Waals surface area contributed by atoms with E-state index in [0.29, 0.717) is 17.1 Å². The van der Waals surface area contributed by atoms with Crippen LogP contribution in [0.4, 0.5) is 15.8 Å². The molecular formula is C22H21FN2O4S. The number of hydrogen-bond donors (Lipinski definition) is 1. The summed E-state index contributed by atoms with van der Waals surface area (Å²) in [5.74, 6) is -0.368. The van der Waals surface area contributed by atoms with E-state index in [9.17, 15) is 17.6 Å². The van der Waals surface area contributed by atoms with Crippen LogP contribution in [-0.4, -0.2) is 28.0 Å². The average molecular weight is 428 g/mol. The van der Waals surface area contributed by atoms with Gasteiger partial charge in [0.25, 0.3) is 15.9 Å². The Kier molecular flexibility index (Phi) is 6.37. The smallest absolute Gasteiger partial charge is 0.264 e. The van der Waals surface area contributed by atoms with Crippen molar-refractivity contribution < 1.29 is 22.3 Å². The molecule has 156 valence electrons. The quantitative estimate of drug-likeness (QED) is 0.618. The molecule has 0 aliphatic carbocycles. The molecule has 0 spiro atoms. The van der Waals surface area contributed by atoms with Gasteiger partial charge in [0.2, 0.25) is 0 Å². The monoisotopic (exact) mass is 428 g/mol. The van der Waals surface area contributed by atoms with Crippen LogP contribution < -0.4 is 14.4 Å². The molecule has 0 unspecified atom stereocenters. The summed E-state index contributed by atoms with van der Waals surface area (Å²) in [5.41, 5.74) is 1.85. The third kappa shape index (κ3) is 5.15. The molecule has 0 aliphatic heterocycles. The summed E-state index contributed by atoms with van der Waals surface area (Å²) in [4.78, 5) is 13.7. The minimum absolute atomic E-state index is 0.0767. The van der Waals surface area contributed by atoms with Crippen molar-refractivity contribution in [1.29, 1.82) is 0 Å². The molecule has 0 fully saturated rings. The number of sulfonamides is 1. The van der Waals surface area contributed by atoms with E-state index in [-0.39, 0.29) is 23.2 Å². The van der Waals surface area contributed by atoms with E-state index in [1.165, 1.54) is 53.4 Å². The molecule has 0 heterocycles. The predicted molar refractivity (Wildman–Crippen MR) is 114 cm³/mol. The van der Waals surface area contributed by atoms with Crippen molar-refractivity contribution in [2.24, 2.45) is 0 Å². The largest absolute Gasteiger partial charge is 0.484 e. The maximum absolute atomic E-state index is 13.0. The number of carbonyl (C=O) groups excluding carboxylic acids is 1. The number of anilines is 2. The number of aryl methyl sites for hydroxylation is 1. The molecule has 0 aliphatic rings. The predicted octanol–water partition coefficient (Wildman–Crippen LogP) is 3.98. The van der Waals surface area contributed by atoms with Crippen molar-refractivity contribution >= 4 is 27.3 Å².